The zero-order chi connectivity index (χ0) is 12.4. The molecule has 0 spiro atoms. The van der Waals surface area contributed by atoms with E-state index in [9.17, 15) is 9.50 Å². The molecule has 1 fully saturated rings. The Hall–Kier alpha value is -0.970. The maximum absolute atomic E-state index is 12.9. The second-order valence-corrected chi connectivity index (χ2v) is 4.79. The Kier molecular flexibility index (Phi) is 3.76. The highest BCUT2D eigenvalue weighted by molar-refractivity contribution is 5.21. The first-order valence-electron chi connectivity index (χ1n) is 6.01. The van der Waals surface area contributed by atoms with Crippen molar-refractivity contribution in [3.63, 3.8) is 0 Å². The predicted octanol–water partition coefficient (Wildman–Crippen LogP) is 1.28. The topological polar surface area (TPSA) is 49.5 Å². The molecule has 0 aromatic heterocycles. The molecule has 3 nitrogen and oxygen atoms in total. The molecule has 4 heteroatoms. The summed E-state index contributed by atoms with van der Waals surface area (Å²) in [6.07, 6.45) is 0.515. The molecule has 0 saturated carbocycles. The minimum atomic E-state index is -0.267. The fourth-order valence-corrected chi connectivity index (χ4v) is 2.53. The maximum atomic E-state index is 12.9. The van der Waals surface area contributed by atoms with Crippen LogP contribution < -0.4 is 5.73 Å². The van der Waals surface area contributed by atoms with E-state index < -0.39 is 0 Å². The van der Waals surface area contributed by atoms with E-state index in [1.165, 1.54) is 12.1 Å². The number of likely N-dealkylation sites (tertiary alicyclic amines) is 1. The Morgan fingerprint density at radius 3 is 2.53 bits per heavy atom. The van der Waals surface area contributed by atoms with Gasteiger partial charge in [-0.1, -0.05) is 12.1 Å². The van der Waals surface area contributed by atoms with Crippen molar-refractivity contribution >= 4 is 0 Å². The number of hydrogen-bond acceptors (Lipinski definition) is 3. The van der Waals surface area contributed by atoms with Gasteiger partial charge in [0.05, 0.1) is 6.10 Å². The highest BCUT2D eigenvalue weighted by atomic mass is 19.1. The number of nitrogens with zero attached hydrogens (tertiary/aromatic N) is 1. The first-order valence-corrected chi connectivity index (χ1v) is 6.01. The summed E-state index contributed by atoms with van der Waals surface area (Å²) in [4.78, 5) is 2.17. The zero-order valence-corrected chi connectivity index (χ0v) is 10.0. The van der Waals surface area contributed by atoms with Gasteiger partial charge in [-0.15, -0.1) is 0 Å². The number of aliphatic hydroxyl groups is 1. The molecular weight excluding hydrogens is 219 g/mol. The van der Waals surface area contributed by atoms with Crippen molar-refractivity contribution < 1.29 is 9.50 Å². The van der Waals surface area contributed by atoms with Gasteiger partial charge >= 0.3 is 0 Å². The van der Waals surface area contributed by atoms with Crippen LogP contribution in [0.5, 0.6) is 0 Å². The summed E-state index contributed by atoms with van der Waals surface area (Å²) in [6.45, 7) is 3.42. The van der Waals surface area contributed by atoms with E-state index in [1.807, 2.05) is 6.92 Å². The first kappa shape index (κ1) is 12.5. The number of halogens is 1. The van der Waals surface area contributed by atoms with Crippen molar-refractivity contribution in [2.45, 2.75) is 31.5 Å². The van der Waals surface area contributed by atoms with Gasteiger partial charge < -0.3 is 10.8 Å². The monoisotopic (exact) mass is 238 g/mol. The Morgan fingerprint density at radius 1 is 1.41 bits per heavy atom. The third-order valence-corrected chi connectivity index (χ3v) is 3.30. The van der Waals surface area contributed by atoms with Crippen molar-refractivity contribution in [3.05, 3.63) is 35.6 Å². The van der Waals surface area contributed by atoms with Crippen LogP contribution in [-0.4, -0.2) is 35.2 Å². The van der Waals surface area contributed by atoms with Crippen LogP contribution in [0.2, 0.25) is 0 Å². The molecular formula is C13H19FN2O. The van der Waals surface area contributed by atoms with Crippen LogP contribution in [0.1, 0.15) is 24.9 Å². The van der Waals surface area contributed by atoms with Crippen LogP contribution in [0.25, 0.3) is 0 Å². The number of β-amino-alcohol motifs (C(OH)–C–C–N with tert-alkyl or cyclic N) is 1. The summed E-state index contributed by atoms with van der Waals surface area (Å²) < 4.78 is 12.9. The van der Waals surface area contributed by atoms with Crippen LogP contribution in [0.3, 0.4) is 0 Å². The van der Waals surface area contributed by atoms with Crippen molar-refractivity contribution in [3.8, 4) is 0 Å². The summed E-state index contributed by atoms with van der Waals surface area (Å²) in [5.41, 5.74) is 7.02. The molecule has 0 bridgehead atoms. The molecule has 0 aliphatic carbocycles. The fourth-order valence-electron chi connectivity index (χ4n) is 2.53. The van der Waals surface area contributed by atoms with E-state index in [1.54, 1.807) is 12.1 Å². The molecule has 1 saturated heterocycles. The molecule has 2 rings (SSSR count). The Morgan fingerprint density at radius 2 is 2.06 bits per heavy atom. The van der Waals surface area contributed by atoms with Gasteiger partial charge in [-0.25, -0.2) is 4.39 Å². The lowest BCUT2D eigenvalue weighted by atomic mass is 9.99. The number of benzene rings is 1. The largest absolute Gasteiger partial charge is 0.392 e. The maximum Gasteiger partial charge on any atom is 0.123 e. The number of aliphatic hydroxyl groups excluding tert-OH is 1. The number of nitrogens with two attached hydrogens (primary N) is 1. The summed E-state index contributed by atoms with van der Waals surface area (Å²) in [7, 11) is 0. The Balaban J connectivity index is 2.20. The molecule has 94 valence electrons. The van der Waals surface area contributed by atoms with Crippen LogP contribution in [0, 0.1) is 5.82 Å². The van der Waals surface area contributed by atoms with E-state index in [0.717, 1.165) is 18.5 Å². The van der Waals surface area contributed by atoms with Gasteiger partial charge in [0.15, 0.2) is 0 Å². The van der Waals surface area contributed by atoms with Gasteiger partial charge in [0.2, 0.25) is 0 Å². The molecule has 3 unspecified atom stereocenters. The normalized spacial score (nSPS) is 24.8. The third-order valence-electron chi connectivity index (χ3n) is 3.30. The summed E-state index contributed by atoms with van der Waals surface area (Å²) in [5.74, 6) is -0.237. The van der Waals surface area contributed by atoms with Crippen molar-refractivity contribution in [1.82, 2.24) is 4.90 Å². The number of hydrogen-bond donors (Lipinski definition) is 2. The predicted molar refractivity (Wildman–Crippen MR) is 65.0 cm³/mol. The summed E-state index contributed by atoms with van der Waals surface area (Å²) >= 11 is 0. The molecule has 0 radical (unpaired) electrons. The highest BCUT2D eigenvalue weighted by Crippen LogP contribution is 2.27. The lowest BCUT2D eigenvalue weighted by Crippen LogP contribution is -2.38. The van der Waals surface area contributed by atoms with Gasteiger partial charge in [-0.3, -0.25) is 4.90 Å². The quantitative estimate of drug-likeness (QED) is 0.834. The second kappa shape index (κ2) is 5.12. The molecule has 3 N–H and O–H groups in total. The minimum absolute atomic E-state index is 0.0488. The van der Waals surface area contributed by atoms with Crippen LogP contribution in [0.4, 0.5) is 4.39 Å². The van der Waals surface area contributed by atoms with E-state index >= 15 is 0 Å². The molecule has 1 aromatic rings. The first-order chi connectivity index (χ1) is 8.08. The van der Waals surface area contributed by atoms with E-state index in [2.05, 4.69) is 4.90 Å². The van der Waals surface area contributed by atoms with Gasteiger partial charge in [-0.2, -0.15) is 0 Å². The molecule has 0 amide bonds. The molecule has 17 heavy (non-hydrogen) atoms. The lowest BCUT2D eigenvalue weighted by Gasteiger charge is -2.31. The summed E-state index contributed by atoms with van der Waals surface area (Å²) in [5, 5.41) is 9.58. The van der Waals surface area contributed by atoms with Crippen molar-refractivity contribution in [2.75, 3.05) is 13.1 Å². The average molecular weight is 238 g/mol. The third kappa shape index (κ3) is 2.83. The fraction of sp³-hybridized carbons (Fsp3) is 0.538. The standard InChI is InChI=1S/C13H19FN2O/c1-9(15)13(16-7-6-12(17)8-16)10-2-4-11(14)5-3-10/h2-5,9,12-13,17H,6-8,15H2,1H3. The van der Waals surface area contributed by atoms with Gasteiger partial charge in [0.25, 0.3) is 0 Å². The SMILES string of the molecule is CC(N)C(c1ccc(F)cc1)N1CCC(O)C1. The minimum Gasteiger partial charge on any atom is -0.392 e. The summed E-state index contributed by atoms with van der Waals surface area (Å²) in [6, 6.07) is 6.45. The van der Waals surface area contributed by atoms with E-state index in [0.29, 0.717) is 6.54 Å². The van der Waals surface area contributed by atoms with E-state index in [-0.39, 0.29) is 24.0 Å². The number of rotatable bonds is 3. The van der Waals surface area contributed by atoms with Crippen LogP contribution in [-0.2, 0) is 0 Å². The molecule has 1 aromatic carbocycles. The molecule has 3 atom stereocenters. The van der Waals surface area contributed by atoms with E-state index in [4.69, 9.17) is 5.73 Å². The highest BCUT2D eigenvalue weighted by Gasteiger charge is 2.30. The van der Waals surface area contributed by atoms with Crippen molar-refractivity contribution in [1.29, 1.82) is 0 Å². The Labute approximate surface area is 101 Å². The van der Waals surface area contributed by atoms with Gasteiger partial charge in [0.1, 0.15) is 5.82 Å². The Bertz CT molecular complexity index is 366. The smallest absolute Gasteiger partial charge is 0.123 e. The van der Waals surface area contributed by atoms with Crippen LogP contribution in [0.15, 0.2) is 24.3 Å². The van der Waals surface area contributed by atoms with Crippen molar-refractivity contribution in [2.24, 2.45) is 5.73 Å². The molecule has 1 aliphatic heterocycles. The lowest BCUT2D eigenvalue weighted by molar-refractivity contribution is 0.151. The molecule has 1 heterocycles. The second-order valence-electron chi connectivity index (χ2n) is 4.79. The molecule has 1 aliphatic rings. The zero-order valence-electron chi connectivity index (χ0n) is 10.0. The van der Waals surface area contributed by atoms with Gasteiger partial charge in [-0.05, 0) is 31.0 Å². The van der Waals surface area contributed by atoms with Crippen LogP contribution >= 0.6 is 0 Å². The average Bonchev–Trinajstić information content (AvgIpc) is 2.68. The van der Waals surface area contributed by atoms with Gasteiger partial charge in [0, 0.05) is 25.2 Å².